The molecule has 2 aromatic carbocycles. The molecule has 5 heteroatoms. The summed E-state index contributed by atoms with van der Waals surface area (Å²) in [7, 11) is 0. The average Bonchev–Trinajstić information content (AvgIpc) is 2.91. The molecule has 0 aliphatic carbocycles. The summed E-state index contributed by atoms with van der Waals surface area (Å²) in [5, 5.41) is 8.27. The molecule has 0 saturated heterocycles. The fourth-order valence-electron chi connectivity index (χ4n) is 2.19. The van der Waals surface area contributed by atoms with E-state index in [9.17, 15) is 4.79 Å². The molecule has 0 spiro atoms. The molecule has 5 nitrogen and oxygen atoms in total. The van der Waals surface area contributed by atoms with E-state index in [-0.39, 0.29) is 5.97 Å². The first kappa shape index (κ1) is 13.3. The van der Waals surface area contributed by atoms with Gasteiger partial charge in [-0.2, -0.15) is 0 Å². The van der Waals surface area contributed by atoms with Gasteiger partial charge in [-0.25, -0.2) is 9.48 Å². The Morgan fingerprint density at radius 3 is 2.76 bits per heavy atom. The van der Waals surface area contributed by atoms with Crippen molar-refractivity contribution in [1.29, 1.82) is 0 Å². The van der Waals surface area contributed by atoms with Gasteiger partial charge in [0.05, 0.1) is 24.2 Å². The van der Waals surface area contributed by atoms with E-state index in [0.717, 1.165) is 11.1 Å². The van der Waals surface area contributed by atoms with Crippen LogP contribution >= 0.6 is 0 Å². The highest BCUT2D eigenvalue weighted by atomic mass is 16.5. The van der Waals surface area contributed by atoms with Crippen LogP contribution in [0.25, 0.3) is 11.0 Å². The number of hydrogen-bond acceptors (Lipinski definition) is 4. The van der Waals surface area contributed by atoms with E-state index in [1.54, 1.807) is 19.1 Å². The standard InChI is InChI=1S/C16H15N3O2/c1-2-21-16(20)13-8-9-15-14(10-13)17-18-19(15)11-12-6-4-3-5-7-12/h3-10H,2,11H2,1H3. The maximum absolute atomic E-state index is 11.7. The number of hydrogen-bond donors (Lipinski definition) is 0. The number of ether oxygens (including phenoxy) is 1. The third kappa shape index (κ3) is 2.76. The molecule has 0 N–H and O–H groups in total. The minimum atomic E-state index is -0.336. The first-order chi connectivity index (χ1) is 10.3. The molecule has 3 rings (SSSR count). The molecule has 21 heavy (non-hydrogen) atoms. The first-order valence-electron chi connectivity index (χ1n) is 6.82. The van der Waals surface area contributed by atoms with Crippen LogP contribution < -0.4 is 0 Å². The number of fused-ring (bicyclic) bond motifs is 1. The number of nitrogens with zero attached hydrogens (tertiary/aromatic N) is 3. The Balaban J connectivity index is 1.91. The van der Waals surface area contributed by atoms with Crippen molar-refractivity contribution in [2.75, 3.05) is 6.61 Å². The van der Waals surface area contributed by atoms with Crippen molar-refractivity contribution in [3.05, 3.63) is 59.7 Å². The van der Waals surface area contributed by atoms with Gasteiger partial charge in [0.1, 0.15) is 5.52 Å². The lowest BCUT2D eigenvalue weighted by molar-refractivity contribution is 0.0526. The van der Waals surface area contributed by atoms with Gasteiger partial charge in [0.2, 0.25) is 0 Å². The maximum Gasteiger partial charge on any atom is 0.338 e. The summed E-state index contributed by atoms with van der Waals surface area (Å²) < 4.78 is 6.80. The lowest BCUT2D eigenvalue weighted by Gasteiger charge is -2.03. The van der Waals surface area contributed by atoms with Crippen LogP contribution in [-0.4, -0.2) is 27.6 Å². The van der Waals surface area contributed by atoms with Crippen molar-refractivity contribution >= 4 is 17.0 Å². The van der Waals surface area contributed by atoms with Crippen LogP contribution in [0.5, 0.6) is 0 Å². The lowest BCUT2D eigenvalue weighted by Crippen LogP contribution is -2.04. The van der Waals surface area contributed by atoms with E-state index in [2.05, 4.69) is 10.3 Å². The van der Waals surface area contributed by atoms with Gasteiger partial charge >= 0.3 is 5.97 Å². The molecule has 0 aliphatic rings. The van der Waals surface area contributed by atoms with Crippen molar-refractivity contribution in [2.45, 2.75) is 13.5 Å². The summed E-state index contributed by atoms with van der Waals surface area (Å²) in [6.07, 6.45) is 0. The number of aromatic nitrogens is 3. The summed E-state index contributed by atoms with van der Waals surface area (Å²) in [5.41, 5.74) is 3.23. The highest BCUT2D eigenvalue weighted by Crippen LogP contribution is 2.15. The Kier molecular flexibility index (Phi) is 3.64. The quantitative estimate of drug-likeness (QED) is 0.690. The lowest BCUT2D eigenvalue weighted by atomic mass is 10.2. The normalized spacial score (nSPS) is 10.7. The Labute approximate surface area is 122 Å². The van der Waals surface area contributed by atoms with Gasteiger partial charge in [-0.05, 0) is 30.7 Å². The van der Waals surface area contributed by atoms with E-state index >= 15 is 0 Å². The molecule has 0 unspecified atom stereocenters. The molecule has 3 aromatic rings. The zero-order chi connectivity index (χ0) is 14.7. The van der Waals surface area contributed by atoms with Gasteiger partial charge in [0, 0.05) is 0 Å². The molecule has 0 aliphatic heterocycles. The molecule has 1 aromatic heterocycles. The van der Waals surface area contributed by atoms with Crippen LogP contribution in [0.4, 0.5) is 0 Å². The molecular weight excluding hydrogens is 266 g/mol. The summed E-state index contributed by atoms with van der Waals surface area (Å²) in [6.45, 7) is 2.79. The number of benzene rings is 2. The SMILES string of the molecule is CCOC(=O)c1ccc2c(c1)nnn2Cc1ccccc1. The molecule has 0 saturated carbocycles. The second kappa shape index (κ2) is 5.75. The van der Waals surface area contributed by atoms with Gasteiger partial charge in [0.25, 0.3) is 0 Å². The third-order valence-electron chi connectivity index (χ3n) is 3.20. The maximum atomic E-state index is 11.7. The zero-order valence-corrected chi connectivity index (χ0v) is 11.7. The number of esters is 1. The highest BCUT2D eigenvalue weighted by molar-refractivity contribution is 5.93. The molecule has 1 heterocycles. The van der Waals surface area contributed by atoms with E-state index in [1.807, 2.05) is 41.1 Å². The molecule has 0 amide bonds. The summed E-state index contributed by atoms with van der Waals surface area (Å²) in [5.74, 6) is -0.336. The van der Waals surface area contributed by atoms with Gasteiger partial charge in [-0.1, -0.05) is 35.5 Å². The second-order valence-corrected chi connectivity index (χ2v) is 4.66. The fraction of sp³-hybridized carbons (Fsp3) is 0.188. The average molecular weight is 281 g/mol. The second-order valence-electron chi connectivity index (χ2n) is 4.66. The molecule has 0 bridgehead atoms. The largest absolute Gasteiger partial charge is 0.462 e. The molecule has 106 valence electrons. The summed E-state index contributed by atoms with van der Waals surface area (Å²) in [4.78, 5) is 11.7. The predicted molar refractivity (Wildman–Crippen MR) is 79.0 cm³/mol. The Hall–Kier alpha value is -2.69. The molecular formula is C16H15N3O2. The van der Waals surface area contributed by atoms with Crippen LogP contribution in [0.1, 0.15) is 22.8 Å². The van der Waals surface area contributed by atoms with Crippen molar-refractivity contribution in [1.82, 2.24) is 15.0 Å². The van der Waals surface area contributed by atoms with E-state index in [0.29, 0.717) is 24.2 Å². The van der Waals surface area contributed by atoms with Crippen LogP contribution in [0.15, 0.2) is 48.5 Å². The van der Waals surface area contributed by atoms with Crippen LogP contribution in [-0.2, 0) is 11.3 Å². The van der Waals surface area contributed by atoms with Gasteiger partial charge < -0.3 is 4.74 Å². The number of carbonyl (C=O) groups excluding carboxylic acids is 1. The van der Waals surface area contributed by atoms with Crippen molar-refractivity contribution < 1.29 is 9.53 Å². The molecule has 0 atom stereocenters. The topological polar surface area (TPSA) is 57.0 Å². The minimum Gasteiger partial charge on any atom is -0.462 e. The van der Waals surface area contributed by atoms with Crippen LogP contribution in [0.2, 0.25) is 0 Å². The van der Waals surface area contributed by atoms with Crippen LogP contribution in [0, 0.1) is 0 Å². The van der Waals surface area contributed by atoms with Gasteiger partial charge in [0.15, 0.2) is 0 Å². The summed E-state index contributed by atoms with van der Waals surface area (Å²) in [6, 6.07) is 15.4. The van der Waals surface area contributed by atoms with Gasteiger partial charge in [-0.3, -0.25) is 0 Å². The summed E-state index contributed by atoms with van der Waals surface area (Å²) >= 11 is 0. The first-order valence-corrected chi connectivity index (χ1v) is 6.82. The molecule has 0 radical (unpaired) electrons. The number of rotatable bonds is 4. The Morgan fingerprint density at radius 2 is 2.00 bits per heavy atom. The zero-order valence-electron chi connectivity index (χ0n) is 11.7. The predicted octanol–water partition coefficient (Wildman–Crippen LogP) is 2.66. The highest BCUT2D eigenvalue weighted by Gasteiger charge is 2.11. The number of carbonyl (C=O) groups is 1. The molecule has 0 fully saturated rings. The minimum absolute atomic E-state index is 0.336. The van der Waals surface area contributed by atoms with Gasteiger partial charge in [-0.15, -0.1) is 5.10 Å². The third-order valence-corrected chi connectivity index (χ3v) is 3.20. The van der Waals surface area contributed by atoms with E-state index < -0.39 is 0 Å². The Morgan fingerprint density at radius 1 is 1.19 bits per heavy atom. The Bertz CT molecular complexity index is 766. The fourth-order valence-corrected chi connectivity index (χ4v) is 2.19. The monoisotopic (exact) mass is 281 g/mol. The van der Waals surface area contributed by atoms with Crippen molar-refractivity contribution in [2.24, 2.45) is 0 Å². The van der Waals surface area contributed by atoms with E-state index in [4.69, 9.17) is 4.74 Å². The smallest absolute Gasteiger partial charge is 0.338 e. The van der Waals surface area contributed by atoms with Crippen molar-refractivity contribution in [3.8, 4) is 0 Å². The van der Waals surface area contributed by atoms with Crippen LogP contribution in [0.3, 0.4) is 0 Å². The van der Waals surface area contributed by atoms with Crippen molar-refractivity contribution in [3.63, 3.8) is 0 Å². The van der Waals surface area contributed by atoms with E-state index in [1.165, 1.54) is 0 Å².